The van der Waals surface area contributed by atoms with Crippen molar-refractivity contribution < 1.29 is 18.0 Å². The molecule has 112 valence electrons. The molecule has 1 aromatic rings. The number of amides is 1. The molecular formula is C12H18N2O4S2. The molecule has 0 saturated carbocycles. The van der Waals surface area contributed by atoms with Crippen LogP contribution in [0.5, 0.6) is 0 Å². The molecule has 20 heavy (non-hydrogen) atoms. The highest BCUT2D eigenvalue weighted by Gasteiger charge is 2.31. The van der Waals surface area contributed by atoms with Crippen LogP contribution in [0.3, 0.4) is 0 Å². The van der Waals surface area contributed by atoms with Gasteiger partial charge < -0.3 is 0 Å². The Balaban J connectivity index is 2.33. The number of thiophene rings is 1. The normalized spacial score (nSPS) is 17.1. The van der Waals surface area contributed by atoms with E-state index in [4.69, 9.17) is 4.84 Å². The molecule has 0 bridgehead atoms. The van der Waals surface area contributed by atoms with E-state index in [-0.39, 0.29) is 9.77 Å². The van der Waals surface area contributed by atoms with Crippen LogP contribution in [0.4, 0.5) is 0 Å². The van der Waals surface area contributed by atoms with Crippen molar-refractivity contribution in [3.8, 4) is 0 Å². The number of hydrogen-bond acceptors (Lipinski definition) is 5. The third-order valence-corrected chi connectivity index (χ3v) is 6.29. The van der Waals surface area contributed by atoms with Crippen LogP contribution in [0.25, 0.3) is 0 Å². The maximum atomic E-state index is 12.6. The van der Waals surface area contributed by atoms with Gasteiger partial charge in [0.1, 0.15) is 9.77 Å². The average molecular weight is 318 g/mol. The molecule has 2 heterocycles. The standard InChI is InChI=1S/C12H18N2O4S2/c1-13(18-2)12(15)11-10(6-9-19-11)20(16,17)14-7-4-3-5-8-14/h6,9H,3-5,7-8H2,1-2H3. The van der Waals surface area contributed by atoms with Crippen LogP contribution in [-0.2, 0) is 14.9 Å². The van der Waals surface area contributed by atoms with Crippen LogP contribution in [0, 0.1) is 0 Å². The molecule has 6 nitrogen and oxygen atoms in total. The molecule has 0 radical (unpaired) electrons. The van der Waals surface area contributed by atoms with Crippen LogP contribution in [0.2, 0.25) is 0 Å². The van der Waals surface area contributed by atoms with Crippen molar-refractivity contribution >= 4 is 27.3 Å². The highest BCUT2D eigenvalue weighted by Crippen LogP contribution is 2.28. The van der Waals surface area contributed by atoms with Crippen LogP contribution < -0.4 is 0 Å². The van der Waals surface area contributed by atoms with E-state index >= 15 is 0 Å². The molecule has 0 spiro atoms. The van der Waals surface area contributed by atoms with E-state index in [1.54, 1.807) is 5.38 Å². The van der Waals surface area contributed by atoms with Gasteiger partial charge in [-0.05, 0) is 24.3 Å². The van der Waals surface area contributed by atoms with Crippen molar-refractivity contribution in [2.45, 2.75) is 24.2 Å². The molecule has 1 aliphatic rings. The van der Waals surface area contributed by atoms with Gasteiger partial charge in [-0.1, -0.05) is 6.42 Å². The second kappa shape index (κ2) is 6.21. The molecule has 2 rings (SSSR count). The monoisotopic (exact) mass is 318 g/mol. The summed E-state index contributed by atoms with van der Waals surface area (Å²) in [4.78, 5) is 17.2. The van der Waals surface area contributed by atoms with Gasteiger partial charge in [0.05, 0.1) is 7.11 Å². The van der Waals surface area contributed by atoms with Crippen molar-refractivity contribution in [3.63, 3.8) is 0 Å². The summed E-state index contributed by atoms with van der Waals surface area (Å²) in [6.07, 6.45) is 2.78. The molecule has 0 aliphatic carbocycles. The molecule has 8 heteroatoms. The molecule has 0 unspecified atom stereocenters. The number of nitrogens with zero attached hydrogens (tertiary/aromatic N) is 2. The second-order valence-corrected chi connectivity index (χ2v) is 7.39. The van der Waals surface area contributed by atoms with E-state index in [0.717, 1.165) is 35.7 Å². The van der Waals surface area contributed by atoms with Crippen molar-refractivity contribution in [1.82, 2.24) is 9.37 Å². The Morgan fingerprint density at radius 3 is 2.60 bits per heavy atom. The van der Waals surface area contributed by atoms with Gasteiger partial charge in [-0.2, -0.15) is 4.31 Å². The molecule has 1 fully saturated rings. The minimum atomic E-state index is -3.60. The van der Waals surface area contributed by atoms with E-state index in [1.165, 1.54) is 24.5 Å². The minimum absolute atomic E-state index is 0.0818. The number of rotatable bonds is 4. The van der Waals surface area contributed by atoms with Gasteiger partial charge in [0.25, 0.3) is 5.91 Å². The largest absolute Gasteiger partial charge is 0.288 e. The zero-order valence-electron chi connectivity index (χ0n) is 11.5. The Labute approximate surface area is 122 Å². The maximum Gasteiger partial charge on any atom is 0.288 e. The molecule has 1 aliphatic heterocycles. The van der Waals surface area contributed by atoms with Crippen LogP contribution >= 0.6 is 11.3 Å². The first-order valence-electron chi connectivity index (χ1n) is 6.38. The molecule has 0 aromatic carbocycles. The quantitative estimate of drug-likeness (QED) is 0.790. The number of sulfonamides is 1. The van der Waals surface area contributed by atoms with Gasteiger partial charge in [-0.3, -0.25) is 9.63 Å². The highest BCUT2D eigenvalue weighted by atomic mass is 32.2. The number of carbonyl (C=O) groups excluding carboxylic acids is 1. The summed E-state index contributed by atoms with van der Waals surface area (Å²) in [5.74, 6) is -0.446. The zero-order chi connectivity index (χ0) is 14.8. The lowest BCUT2D eigenvalue weighted by atomic mass is 10.2. The van der Waals surface area contributed by atoms with Crippen LogP contribution in [0.1, 0.15) is 28.9 Å². The van der Waals surface area contributed by atoms with Gasteiger partial charge in [0.2, 0.25) is 10.0 Å². The molecule has 1 aromatic heterocycles. The Morgan fingerprint density at radius 1 is 1.35 bits per heavy atom. The fraction of sp³-hybridized carbons (Fsp3) is 0.583. The van der Waals surface area contributed by atoms with E-state index in [2.05, 4.69) is 0 Å². The fourth-order valence-corrected chi connectivity index (χ4v) is 5.01. The van der Waals surface area contributed by atoms with E-state index in [1.807, 2.05) is 0 Å². The zero-order valence-corrected chi connectivity index (χ0v) is 13.2. The average Bonchev–Trinajstić information content (AvgIpc) is 2.96. The summed E-state index contributed by atoms with van der Waals surface area (Å²) < 4.78 is 26.7. The second-order valence-electron chi connectivity index (χ2n) is 4.56. The van der Waals surface area contributed by atoms with Gasteiger partial charge in [0, 0.05) is 20.1 Å². The number of piperidine rings is 1. The van der Waals surface area contributed by atoms with Crippen molar-refractivity contribution in [2.75, 3.05) is 27.2 Å². The summed E-state index contributed by atoms with van der Waals surface area (Å²) in [5, 5.41) is 2.65. The highest BCUT2D eigenvalue weighted by molar-refractivity contribution is 7.89. The van der Waals surface area contributed by atoms with E-state index < -0.39 is 15.9 Å². The third-order valence-electron chi connectivity index (χ3n) is 3.32. The van der Waals surface area contributed by atoms with E-state index in [0.29, 0.717) is 13.1 Å². The summed E-state index contributed by atoms with van der Waals surface area (Å²) in [7, 11) is -0.772. The third kappa shape index (κ3) is 2.88. The lowest BCUT2D eigenvalue weighted by Gasteiger charge is -2.26. The topological polar surface area (TPSA) is 66.9 Å². The summed E-state index contributed by atoms with van der Waals surface area (Å²) >= 11 is 1.12. The van der Waals surface area contributed by atoms with Crippen molar-refractivity contribution in [3.05, 3.63) is 16.3 Å². The van der Waals surface area contributed by atoms with Crippen LogP contribution in [0.15, 0.2) is 16.3 Å². The lowest BCUT2D eigenvalue weighted by Crippen LogP contribution is -2.36. The molecule has 1 saturated heterocycles. The molecular weight excluding hydrogens is 300 g/mol. The first-order valence-corrected chi connectivity index (χ1v) is 8.70. The van der Waals surface area contributed by atoms with Gasteiger partial charge >= 0.3 is 0 Å². The number of hydroxylamine groups is 2. The molecule has 0 atom stereocenters. The summed E-state index contributed by atoms with van der Waals surface area (Å²) in [5.41, 5.74) is 0. The van der Waals surface area contributed by atoms with Crippen molar-refractivity contribution in [1.29, 1.82) is 0 Å². The Hall–Kier alpha value is -0.960. The molecule has 1 amide bonds. The molecule has 0 N–H and O–H groups in total. The van der Waals surface area contributed by atoms with Crippen molar-refractivity contribution in [2.24, 2.45) is 0 Å². The fourth-order valence-electron chi connectivity index (χ4n) is 2.13. The summed E-state index contributed by atoms with van der Waals surface area (Å²) in [6, 6.07) is 1.49. The van der Waals surface area contributed by atoms with Gasteiger partial charge in [0.15, 0.2) is 0 Å². The smallest absolute Gasteiger partial charge is 0.274 e. The first kappa shape index (κ1) is 15.4. The SMILES string of the molecule is CON(C)C(=O)c1sccc1S(=O)(=O)N1CCCCC1. The lowest BCUT2D eigenvalue weighted by molar-refractivity contribution is -0.0755. The van der Waals surface area contributed by atoms with Crippen LogP contribution in [-0.4, -0.2) is 50.9 Å². The number of hydrogen-bond donors (Lipinski definition) is 0. The Kier molecular flexibility index (Phi) is 4.79. The maximum absolute atomic E-state index is 12.6. The van der Waals surface area contributed by atoms with E-state index in [9.17, 15) is 13.2 Å². The number of carbonyl (C=O) groups is 1. The minimum Gasteiger partial charge on any atom is -0.274 e. The Morgan fingerprint density at radius 2 is 2.00 bits per heavy atom. The first-order chi connectivity index (χ1) is 9.48. The predicted molar refractivity (Wildman–Crippen MR) is 76.0 cm³/mol. The van der Waals surface area contributed by atoms with Gasteiger partial charge in [-0.15, -0.1) is 11.3 Å². The Bertz CT molecular complexity index is 576. The summed E-state index contributed by atoms with van der Waals surface area (Å²) in [6.45, 7) is 1.04. The van der Waals surface area contributed by atoms with Gasteiger partial charge in [-0.25, -0.2) is 13.5 Å². The predicted octanol–water partition coefficient (Wildman–Crippen LogP) is 1.56.